The molecule has 0 bridgehead atoms. The van der Waals surface area contributed by atoms with Crippen molar-refractivity contribution in [1.82, 2.24) is 0 Å². The normalized spacial score (nSPS) is 9.76. The van der Waals surface area contributed by atoms with Gasteiger partial charge in [-0.05, 0) is 24.3 Å². The lowest BCUT2D eigenvalue weighted by Gasteiger charge is -2.08. The third-order valence-corrected chi connectivity index (χ3v) is 3.00. The van der Waals surface area contributed by atoms with E-state index in [2.05, 4.69) is 5.32 Å². The van der Waals surface area contributed by atoms with Gasteiger partial charge in [0.25, 0.3) is 11.6 Å². The van der Waals surface area contributed by atoms with Crippen molar-refractivity contribution in [3.8, 4) is 6.07 Å². The largest absolute Gasteiger partial charge is 0.452 e. The standard InChI is InChI=1S/C16H10FN3O5/c17-12-3-1-2-10(6-12)16(22)25-9-15(21)19-14-5-4-13(20(23)24)7-11(14)8-18/h1-7H,9H2,(H,19,21). The van der Waals surface area contributed by atoms with E-state index in [1.54, 1.807) is 6.07 Å². The van der Waals surface area contributed by atoms with E-state index < -0.39 is 29.2 Å². The van der Waals surface area contributed by atoms with Crippen molar-refractivity contribution < 1.29 is 23.6 Å². The van der Waals surface area contributed by atoms with Gasteiger partial charge >= 0.3 is 5.97 Å². The molecule has 0 fully saturated rings. The Kier molecular flexibility index (Phi) is 5.37. The molecule has 1 amide bonds. The number of halogens is 1. The number of nitrogens with one attached hydrogen (secondary N) is 1. The van der Waals surface area contributed by atoms with E-state index in [1.165, 1.54) is 18.2 Å². The summed E-state index contributed by atoms with van der Waals surface area (Å²) in [5.41, 5.74) is -0.424. The number of non-ortho nitro benzene ring substituents is 1. The Hall–Kier alpha value is -3.80. The summed E-state index contributed by atoms with van der Waals surface area (Å²) in [6.07, 6.45) is 0. The topological polar surface area (TPSA) is 122 Å². The summed E-state index contributed by atoms with van der Waals surface area (Å²) in [7, 11) is 0. The molecule has 2 aromatic carbocycles. The number of esters is 1. The van der Waals surface area contributed by atoms with Gasteiger partial charge in [0.05, 0.1) is 21.7 Å². The number of nitro benzene ring substituents is 1. The maximum atomic E-state index is 13.0. The lowest BCUT2D eigenvalue weighted by Crippen LogP contribution is -2.21. The van der Waals surface area contributed by atoms with Crippen molar-refractivity contribution >= 4 is 23.3 Å². The monoisotopic (exact) mass is 343 g/mol. The fourth-order valence-corrected chi connectivity index (χ4v) is 1.86. The van der Waals surface area contributed by atoms with Crippen molar-refractivity contribution in [2.24, 2.45) is 0 Å². The van der Waals surface area contributed by atoms with Crippen molar-refractivity contribution in [3.05, 3.63) is 69.5 Å². The van der Waals surface area contributed by atoms with Crippen molar-refractivity contribution in [2.45, 2.75) is 0 Å². The number of hydrogen-bond acceptors (Lipinski definition) is 6. The Morgan fingerprint density at radius 1 is 1.28 bits per heavy atom. The van der Waals surface area contributed by atoms with E-state index in [-0.39, 0.29) is 22.5 Å². The minimum Gasteiger partial charge on any atom is -0.452 e. The van der Waals surface area contributed by atoms with E-state index >= 15 is 0 Å². The number of carbonyl (C=O) groups is 2. The number of amides is 1. The summed E-state index contributed by atoms with van der Waals surface area (Å²) in [6, 6.07) is 9.82. The molecule has 126 valence electrons. The second-order valence-corrected chi connectivity index (χ2v) is 4.73. The number of carbonyl (C=O) groups excluding carboxylic acids is 2. The van der Waals surface area contributed by atoms with E-state index in [4.69, 9.17) is 10.00 Å². The second kappa shape index (κ2) is 7.65. The molecular formula is C16H10FN3O5. The Morgan fingerprint density at radius 3 is 2.68 bits per heavy atom. The summed E-state index contributed by atoms with van der Waals surface area (Å²) in [6.45, 7) is -0.669. The molecule has 0 atom stereocenters. The fraction of sp³-hybridized carbons (Fsp3) is 0.0625. The molecule has 0 saturated carbocycles. The van der Waals surface area contributed by atoms with Crippen LogP contribution in [0.5, 0.6) is 0 Å². The van der Waals surface area contributed by atoms with Crippen molar-refractivity contribution in [3.63, 3.8) is 0 Å². The number of nitro groups is 1. The third-order valence-electron chi connectivity index (χ3n) is 3.00. The number of nitriles is 1. The van der Waals surface area contributed by atoms with Crippen LogP contribution < -0.4 is 5.32 Å². The van der Waals surface area contributed by atoms with Crippen LogP contribution in [0.3, 0.4) is 0 Å². The lowest BCUT2D eigenvalue weighted by atomic mass is 10.1. The SMILES string of the molecule is N#Cc1cc([N+](=O)[O-])ccc1NC(=O)COC(=O)c1cccc(F)c1. The molecule has 0 spiro atoms. The number of benzene rings is 2. The fourth-order valence-electron chi connectivity index (χ4n) is 1.86. The van der Waals surface area contributed by atoms with Crippen LogP contribution in [0.2, 0.25) is 0 Å². The maximum Gasteiger partial charge on any atom is 0.338 e. The van der Waals surface area contributed by atoms with E-state index in [0.717, 1.165) is 24.3 Å². The molecule has 8 nitrogen and oxygen atoms in total. The second-order valence-electron chi connectivity index (χ2n) is 4.73. The average molecular weight is 343 g/mol. The summed E-state index contributed by atoms with van der Waals surface area (Å²) in [5, 5.41) is 22.0. The van der Waals surface area contributed by atoms with Gasteiger partial charge in [0.2, 0.25) is 0 Å². The van der Waals surface area contributed by atoms with Crippen LogP contribution in [0, 0.1) is 27.3 Å². The van der Waals surface area contributed by atoms with Crippen LogP contribution in [0.4, 0.5) is 15.8 Å². The zero-order chi connectivity index (χ0) is 18.4. The molecule has 0 aromatic heterocycles. The van der Waals surface area contributed by atoms with Crippen LogP contribution in [-0.2, 0) is 9.53 Å². The van der Waals surface area contributed by atoms with Gasteiger partial charge < -0.3 is 10.1 Å². The summed E-state index contributed by atoms with van der Waals surface area (Å²) >= 11 is 0. The highest BCUT2D eigenvalue weighted by atomic mass is 19.1. The van der Waals surface area contributed by atoms with Crippen molar-refractivity contribution in [2.75, 3.05) is 11.9 Å². The van der Waals surface area contributed by atoms with E-state index in [9.17, 15) is 24.1 Å². The molecule has 0 aliphatic heterocycles. The smallest absolute Gasteiger partial charge is 0.338 e. The number of nitrogens with zero attached hydrogens (tertiary/aromatic N) is 2. The zero-order valence-corrected chi connectivity index (χ0v) is 12.6. The number of ether oxygens (including phenoxy) is 1. The molecule has 0 aliphatic carbocycles. The molecule has 0 saturated heterocycles. The van der Waals surface area contributed by atoms with Gasteiger partial charge in [-0.15, -0.1) is 0 Å². The molecular weight excluding hydrogens is 333 g/mol. The molecule has 2 rings (SSSR count). The van der Waals surface area contributed by atoms with Gasteiger partial charge in [-0.1, -0.05) is 6.07 Å². The summed E-state index contributed by atoms with van der Waals surface area (Å²) in [5.74, 6) is -2.27. The first kappa shape index (κ1) is 17.6. The maximum absolute atomic E-state index is 13.0. The Balaban J connectivity index is 2.00. The minimum absolute atomic E-state index is 0.0416. The Bertz CT molecular complexity index is 892. The van der Waals surface area contributed by atoms with E-state index in [0.29, 0.717) is 0 Å². The molecule has 0 heterocycles. The van der Waals surface area contributed by atoms with Crippen LogP contribution in [-0.4, -0.2) is 23.4 Å². The first-order valence-electron chi connectivity index (χ1n) is 6.82. The zero-order valence-electron chi connectivity index (χ0n) is 12.6. The number of hydrogen-bond donors (Lipinski definition) is 1. The van der Waals surface area contributed by atoms with Crippen LogP contribution in [0.1, 0.15) is 15.9 Å². The highest BCUT2D eigenvalue weighted by Crippen LogP contribution is 2.21. The Labute approximate surface area is 140 Å². The van der Waals surface area contributed by atoms with E-state index in [1.807, 2.05) is 0 Å². The minimum atomic E-state index is -0.890. The van der Waals surface area contributed by atoms with Gasteiger partial charge in [-0.25, -0.2) is 9.18 Å². The van der Waals surface area contributed by atoms with Crippen molar-refractivity contribution in [1.29, 1.82) is 5.26 Å². The summed E-state index contributed by atoms with van der Waals surface area (Å²) in [4.78, 5) is 33.5. The van der Waals surface area contributed by atoms with Gasteiger partial charge in [0.1, 0.15) is 11.9 Å². The van der Waals surface area contributed by atoms with Gasteiger partial charge in [-0.3, -0.25) is 14.9 Å². The van der Waals surface area contributed by atoms with Crippen LogP contribution in [0.15, 0.2) is 42.5 Å². The summed E-state index contributed by atoms with van der Waals surface area (Å²) < 4.78 is 17.8. The van der Waals surface area contributed by atoms with Gasteiger partial charge in [0, 0.05) is 12.1 Å². The predicted octanol–water partition coefficient (Wildman–Crippen LogP) is 2.40. The molecule has 1 N–H and O–H groups in total. The molecule has 9 heteroatoms. The predicted molar refractivity (Wildman–Crippen MR) is 83.1 cm³/mol. The average Bonchev–Trinajstić information content (AvgIpc) is 2.59. The highest BCUT2D eigenvalue weighted by Gasteiger charge is 2.14. The molecule has 25 heavy (non-hydrogen) atoms. The van der Waals surface area contributed by atoms with Gasteiger partial charge in [-0.2, -0.15) is 5.26 Å². The Morgan fingerprint density at radius 2 is 2.04 bits per heavy atom. The van der Waals surface area contributed by atoms with Gasteiger partial charge in [0.15, 0.2) is 6.61 Å². The number of anilines is 1. The lowest BCUT2D eigenvalue weighted by molar-refractivity contribution is -0.384. The third kappa shape index (κ3) is 4.59. The molecule has 0 radical (unpaired) electrons. The first-order valence-corrected chi connectivity index (χ1v) is 6.82. The quantitative estimate of drug-likeness (QED) is 0.505. The van der Waals surface area contributed by atoms with Crippen LogP contribution >= 0.6 is 0 Å². The molecule has 0 aliphatic rings. The van der Waals surface area contributed by atoms with Crippen LogP contribution in [0.25, 0.3) is 0 Å². The highest BCUT2D eigenvalue weighted by molar-refractivity contribution is 5.96. The molecule has 0 unspecified atom stereocenters. The number of rotatable bonds is 5. The first-order chi connectivity index (χ1) is 11.9. The molecule has 2 aromatic rings.